The molecule has 1 aliphatic carbocycles. The third-order valence-corrected chi connectivity index (χ3v) is 4.52. The number of rotatable bonds is 5. The summed E-state index contributed by atoms with van der Waals surface area (Å²) in [5.74, 6) is 0.141. The van der Waals surface area contributed by atoms with Gasteiger partial charge >= 0.3 is 6.03 Å². The van der Waals surface area contributed by atoms with Crippen molar-refractivity contribution in [2.24, 2.45) is 5.92 Å². The monoisotopic (exact) mass is 308 g/mol. The lowest BCUT2D eigenvalue weighted by Crippen LogP contribution is -2.45. The Morgan fingerprint density at radius 2 is 2.09 bits per heavy atom. The Hall–Kier alpha value is -1.62. The summed E-state index contributed by atoms with van der Waals surface area (Å²) >= 11 is 0. The first-order valence-corrected chi connectivity index (χ1v) is 7.96. The smallest absolute Gasteiger partial charge is 0.317 e. The third-order valence-electron chi connectivity index (χ3n) is 4.52. The standard InChI is InChI=1S/C17H25FN2O2/c1-20(16-7-5-14(12-21)6-8-16)17(22)19-10-9-13-3-2-4-15(18)11-13/h2-4,11,14,16,21H,5-10,12H2,1H3,(H,19,22). The summed E-state index contributed by atoms with van der Waals surface area (Å²) in [6.07, 6.45) is 4.46. The summed E-state index contributed by atoms with van der Waals surface area (Å²) in [5, 5.41) is 12.0. The van der Waals surface area contributed by atoms with E-state index in [2.05, 4.69) is 5.32 Å². The van der Waals surface area contributed by atoms with Gasteiger partial charge in [0.25, 0.3) is 0 Å². The molecule has 0 unspecified atom stereocenters. The molecule has 5 heteroatoms. The molecule has 2 N–H and O–H groups in total. The first-order chi connectivity index (χ1) is 10.6. The highest BCUT2D eigenvalue weighted by atomic mass is 19.1. The number of hydrogen-bond donors (Lipinski definition) is 2. The molecule has 0 spiro atoms. The first-order valence-electron chi connectivity index (χ1n) is 7.96. The van der Waals surface area contributed by atoms with Crippen LogP contribution in [0.5, 0.6) is 0 Å². The molecular formula is C17H25FN2O2. The molecule has 0 atom stereocenters. The molecule has 1 aromatic carbocycles. The van der Waals surface area contributed by atoms with Crippen LogP contribution in [0.4, 0.5) is 9.18 Å². The molecule has 2 rings (SSSR count). The fraction of sp³-hybridized carbons (Fsp3) is 0.588. The molecule has 2 amide bonds. The number of carbonyl (C=O) groups excluding carboxylic acids is 1. The van der Waals surface area contributed by atoms with E-state index in [1.165, 1.54) is 12.1 Å². The van der Waals surface area contributed by atoms with Crippen LogP contribution in [0.3, 0.4) is 0 Å². The second kappa shape index (κ2) is 8.13. The van der Waals surface area contributed by atoms with Crippen molar-refractivity contribution in [1.29, 1.82) is 0 Å². The molecule has 1 aromatic rings. The normalized spacial score (nSPS) is 21.4. The van der Waals surface area contributed by atoms with Crippen LogP contribution in [0.25, 0.3) is 0 Å². The van der Waals surface area contributed by atoms with Crippen molar-refractivity contribution in [3.8, 4) is 0 Å². The summed E-state index contributed by atoms with van der Waals surface area (Å²) < 4.78 is 13.1. The predicted octanol–water partition coefficient (Wildman–Crippen LogP) is 2.56. The number of amides is 2. The fourth-order valence-corrected chi connectivity index (χ4v) is 3.01. The van der Waals surface area contributed by atoms with Gasteiger partial charge in [0.15, 0.2) is 0 Å². The highest BCUT2D eigenvalue weighted by Gasteiger charge is 2.25. The van der Waals surface area contributed by atoms with Crippen molar-refractivity contribution in [2.75, 3.05) is 20.2 Å². The maximum Gasteiger partial charge on any atom is 0.317 e. The van der Waals surface area contributed by atoms with Gasteiger partial charge in [-0.25, -0.2) is 9.18 Å². The number of aliphatic hydroxyl groups is 1. The van der Waals surface area contributed by atoms with Crippen LogP contribution >= 0.6 is 0 Å². The number of nitrogens with zero attached hydrogens (tertiary/aromatic N) is 1. The second-order valence-electron chi connectivity index (χ2n) is 6.08. The summed E-state index contributed by atoms with van der Waals surface area (Å²) in [5.41, 5.74) is 0.881. The van der Waals surface area contributed by atoms with E-state index in [0.29, 0.717) is 18.9 Å². The van der Waals surface area contributed by atoms with Crippen molar-refractivity contribution in [3.63, 3.8) is 0 Å². The van der Waals surface area contributed by atoms with Gasteiger partial charge in [-0.3, -0.25) is 0 Å². The summed E-state index contributed by atoms with van der Waals surface area (Å²) in [4.78, 5) is 13.9. The van der Waals surface area contributed by atoms with Crippen molar-refractivity contribution in [2.45, 2.75) is 38.1 Å². The lowest BCUT2D eigenvalue weighted by Gasteiger charge is -2.34. The highest BCUT2D eigenvalue weighted by Crippen LogP contribution is 2.26. The Kier molecular flexibility index (Phi) is 6.19. The molecule has 0 radical (unpaired) electrons. The van der Waals surface area contributed by atoms with Crippen LogP contribution in [-0.2, 0) is 6.42 Å². The molecule has 1 aliphatic rings. The van der Waals surface area contributed by atoms with Crippen LogP contribution in [0.2, 0.25) is 0 Å². The maximum absolute atomic E-state index is 13.1. The molecule has 1 saturated carbocycles. The molecule has 4 nitrogen and oxygen atoms in total. The van der Waals surface area contributed by atoms with Gasteiger partial charge in [-0.05, 0) is 55.7 Å². The lowest BCUT2D eigenvalue weighted by atomic mass is 9.86. The number of halogens is 1. The van der Waals surface area contributed by atoms with Gasteiger partial charge < -0.3 is 15.3 Å². The van der Waals surface area contributed by atoms with Gasteiger partial charge in [-0.1, -0.05) is 12.1 Å². The molecule has 0 aromatic heterocycles. The Bertz CT molecular complexity index is 487. The Morgan fingerprint density at radius 1 is 1.36 bits per heavy atom. The van der Waals surface area contributed by atoms with Gasteiger partial charge in [-0.2, -0.15) is 0 Å². The SMILES string of the molecule is CN(C(=O)NCCc1cccc(F)c1)C1CCC(CO)CC1. The van der Waals surface area contributed by atoms with Gasteiger partial charge in [-0.15, -0.1) is 0 Å². The Morgan fingerprint density at radius 3 is 2.73 bits per heavy atom. The zero-order valence-electron chi connectivity index (χ0n) is 13.1. The molecule has 0 bridgehead atoms. The minimum Gasteiger partial charge on any atom is -0.396 e. The molecular weight excluding hydrogens is 283 g/mol. The number of urea groups is 1. The number of hydrogen-bond acceptors (Lipinski definition) is 2. The summed E-state index contributed by atoms with van der Waals surface area (Å²) in [7, 11) is 1.82. The minimum absolute atomic E-state index is 0.0798. The van der Waals surface area contributed by atoms with Crippen molar-refractivity contribution >= 4 is 6.03 Å². The van der Waals surface area contributed by atoms with Crippen molar-refractivity contribution < 1.29 is 14.3 Å². The van der Waals surface area contributed by atoms with E-state index in [0.717, 1.165) is 31.2 Å². The van der Waals surface area contributed by atoms with Gasteiger partial charge in [0.1, 0.15) is 5.82 Å². The van der Waals surface area contributed by atoms with Gasteiger partial charge in [0.2, 0.25) is 0 Å². The maximum atomic E-state index is 13.1. The zero-order valence-corrected chi connectivity index (χ0v) is 13.1. The van der Waals surface area contributed by atoms with E-state index in [9.17, 15) is 9.18 Å². The number of aliphatic hydroxyl groups excluding tert-OH is 1. The topological polar surface area (TPSA) is 52.6 Å². The number of carbonyl (C=O) groups is 1. The van der Waals surface area contributed by atoms with Crippen molar-refractivity contribution in [1.82, 2.24) is 10.2 Å². The van der Waals surface area contributed by atoms with Gasteiger partial charge in [0.05, 0.1) is 0 Å². The quantitative estimate of drug-likeness (QED) is 0.878. The van der Waals surface area contributed by atoms with E-state index < -0.39 is 0 Å². The average molecular weight is 308 g/mol. The van der Waals surface area contributed by atoms with Gasteiger partial charge in [0, 0.05) is 26.2 Å². The molecule has 1 fully saturated rings. The van der Waals surface area contributed by atoms with E-state index in [-0.39, 0.29) is 24.5 Å². The predicted molar refractivity (Wildman–Crippen MR) is 84.1 cm³/mol. The van der Waals surface area contributed by atoms with E-state index in [1.54, 1.807) is 11.0 Å². The molecule has 0 saturated heterocycles. The molecule has 0 heterocycles. The Balaban J connectivity index is 1.72. The second-order valence-corrected chi connectivity index (χ2v) is 6.08. The van der Waals surface area contributed by atoms with Crippen LogP contribution in [0, 0.1) is 11.7 Å². The van der Waals surface area contributed by atoms with E-state index in [4.69, 9.17) is 5.11 Å². The lowest BCUT2D eigenvalue weighted by molar-refractivity contribution is 0.134. The fourth-order valence-electron chi connectivity index (χ4n) is 3.01. The molecule has 0 aliphatic heterocycles. The van der Waals surface area contributed by atoms with Crippen LogP contribution in [0.1, 0.15) is 31.2 Å². The summed E-state index contributed by atoms with van der Waals surface area (Å²) in [6, 6.07) is 6.61. The van der Waals surface area contributed by atoms with Crippen LogP contribution in [0.15, 0.2) is 24.3 Å². The highest BCUT2D eigenvalue weighted by molar-refractivity contribution is 5.74. The largest absolute Gasteiger partial charge is 0.396 e. The van der Waals surface area contributed by atoms with Crippen LogP contribution < -0.4 is 5.32 Å². The average Bonchev–Trinajstić information content (AvgIpc) is 2.54. The minimum atomic E-state index is -0.249. The van der Waals surface area contributed by atoms with Crippen LogP contribution in [-0.4, -0.2) is 42.3 Å². The van der Waals surface area contributed by atoms with E-state index in [1.807, 2.05) is 13.1 Å². The molecule has 122 valence electrons. The molecule has 22 heavy (non-hydrogen) atoms. The summed E-state index contributed by atoms with van der Waals surface area (Å²) in [6.45, 7) is 0.745. The van der Waals surface area contributed by atoms with E-state index >= 15 is 0 Å². The first kappa shape index (κ1) is 16.7. The zero-order chi connectivity index (χ0) is 15.9. The number of nitrogens with one attached hydrogen (secondary N) is 1. The van der Waals surface area contributed by atoms with Crippen molar-refractivity contribution in [3.05, 3.63) is 35.6 Å². The number of benzene rings is 1. The Labute approximate surface area is 131 Å². The third kappa shape index (κ3) is 4.70.